The van der Waals surface area contributed by atoms with Crippen LogP contribution in [0.15, 0.2) is 46.9 Å². The minimum Gasteiger partial charge on any atom is -0.496 e. The second-order valence-electron chi connectivity index (χ2n) is 5.24. The van der Waals surface area contributed by atoms with Crippen LogP contribution >= 0.6 is 15.9 Å². The molecule has 2 aromatic rings. The van der Waals surface area contributed by atoms with Gasteiger partial charge in [-0.15, -0.1) is 0 Å². The van der Waals surface area contributed by atoms with Crippen LogP contribution in [0, 0.1) is 0 Å². The van der Waals surface area contributed by atoms with Gasteiger partial charge in [-0.1, -0.05) is 34.1 Å². The average molecular weight is 378 g/mol. The Morgan fingerprint density at radius 1 is 1.26 bits per heavy atom. The van der Waals surface area contributed by atoms with Gasteiger partial charge >= 0.3 is 5.97 Å². The van der Waals surface area contributed by atoms with Crippen molar-refractivity contribution < 1.29 is 14.6 Å². The first kappa shape index (κ1) is 17.5. The maximum atomic E-state index is 10.9. The summed E-state index contributed by atoms with van der Waals surface area (Å²) < 4.78 is 6.39. The van der Waals surface area contributed by atoms with Gasteiger partial charge < -0.3 is 15.2 Å². The molecule has 0 aromatic heterocycles. The number of carboxylic acids is 1. The summed E-state index contributed by atoms with van der Waals surface area (Å²) in [4.78, 5) is 10.9. The quantitative estimate of drug-likeness (QED) is 0.685. The Bertz CT molecular complexity index is 673. The first-order chi connectivity index (χ1) is 11.1. The highest BCUT2D eigenvalue weighted by Crippen LogP contribution is 2.24. The summed E-state index contributed by atoms with van der Waals surface area (Å²) in [5.74, 6) is 0.00252. The van der Waals surface area contributed by atoms with Gasteiger partial charge in [0.05, 0.1) is 12.7 Å². The molecule has 2 aromatic carbocycles. The van der Waals surface area contributed by atoms with Crippen molar-refractivity contribution in [2.45, 2.75) is 19.4 Å². The van der Waals surface area contributed by atoms with E-state index in [1.807, 2.05) is 18.2 Å². The second-order valence-corrected chi connectivity index (χ2v) is 6.16. The summed E-state index contributed by atoms with van der Waals surface area (Å²) in [5, 5.41) is 12.3. The Labute approximate surface area is 144 Å². The number of aryl methyl sites for hydroxylation is 1. The third kappa shape index (κ3) is 5.37. The molecule has 0 atom stereocenters. The van der Waals surface area contributed by atoms with Crippen molar-refractivity contribution in [3.8, 4) is 5.75 Å². The van der Waals surface area contributed by atoms with E-state index in [2.05, 4.69) is 27.3 Å². The zero-order valence-electron chi connectivity index (χ0n) is 13.0. The monoisotopic (exact) mass is 377 g/mol. The summed E-state index contributed by atoms with van der Waals surface area (Å²) in [6.07, 6.45) is 1.91. The number of methoxy groups -OCH3 is 1. The summed E-state index contributed by atoms with van der Waals surface area (Å²) in [6, 6.07) is 13.1. The fourth-order valence-corrected chi connectivity index (χ4v) is 2.72. The maximum Gasteiger partial charge on any atom is 0.335 e. The summed E-state index contributed by atoms with van der Waals surface area (Å²) in [6.45, 7) is 1.52. The van der Waals surface area contributed by atoms with E-state index in [9.17, 15) is 4.79 Å². The molecule has 0 bridgehead atoms. The van der Waals surface area contributed by atoms with E-state index in [1.165, 1.54) is 5.56 Å². The van der Waals surface area contributed by atoms with Gasteiger partial charge in [0, 0.05) is 11.0 Å². The number of benzene rings is 2. The number of aromatic carboxylic acids is 1. The Kier molecular flexibility index (Phi) is 6.62. The van der Waals surface area contributed by atoms with Gasteiger partial charge in [-0.05, 0) is 54.8 Å². The topological polar surface area (TPSA) is 58.6 Å². The molecular formula is C18H20BrNO3. The van der Waals surface area contributed by atoms with Gasteiger partial charge in [-0.25, -0.2) is 4.79 Å². The number of carbonyl (C=O) groups is 1. The van der Waals surface area contributed by atoms with E-state index >= 15 is 0 Å². The molecule has 0 amide bonds. The molecule has 2 rings (SSSR count). The molecule has 122 valence electrons. The molecule has 0 saturated carbocycles. The van der Waals surface area contributed by atoms with Crippen LogP contribution in [0.1, 0.15) is 27.9 Å². The van der Waals surface area contributed by atoms with Crippen LogP contribution in [0.3, 0.4) is 0 Å². The second kappa shape index (κ2) is 8.70. The van der Waals surface area contributed by atoms with Gasteiger partial charge in [0.25, 0.3) is 0 Å². The Morgan fingerprint density at radius 2 is 2.09 bits per heavy atom. The molecule has 0 radical (unpaired) electrons. The molecule has 0 aliphatic heterocycles. The lowest BCUT2D eigenvalue weighted by molar-refractivity contribution is 0.0696. The lowest BCUT2D eigenvalue weighted by Crippen LogP contribution is -2.15. The van der Waals surface area contributed by atoms with Crippen LogP contribution < -0.4 is 10.1 Å². The number of rotatable bonds is 8. The minimum atomic E-state index is -0.894. The van der Waals surface area contributed by atoms with Gasteiger partial charge in [-0.2, -0.15) is 0 Å². The Balaban J connectivity index is 1.78. The fourth-order valence-electron chi connectivity index (χ4n) is 2.38. The van der Waals surface area contributed by atoms with Crippen molar-refractivity contribution in [3.63, 3.8) is 0 Å². The molecule has 5 heteroatoms. The maximum absolute atomic E-state index is 10.9. The third-order valence-corrected chi connectivity index (χ3v) is 4.05. The highest BCUT2D eigenvalue weighted by molar-refractivity contribution is 9.10. The van der Waals surface area contributed by atoms with Gasteiger partial charge in [0.1, 0.15) is 5.75 Å². The van der Waals surface area contributed by atoms with Crippen molar-refractivity contribution in [2.24, 2.45) is 0 Å². The number of ether oxygens (including phenoxy) is 1. The van der Waals surface area contributed by atoms with Crippen molar-refractivity contribution in [1.82, 2.24) is 5.32 Å². The van der Waals surface area contributed by atoms with Crippen LogP contribution in [0.5, 0.6) is 5.75 Å². The van der Waals surface area contributed by atoms with E-state index in [4.69, 9.17) is 9.84 Å². The number of hydrogen-bond acceptors (Lipinski definition) is 3. The number of nitrogens with one attached hydrogen (secondary N) is 1. The Morgan fingerprint density at radius 3 is 2.83 bits per heavy atom. The van der Waals surface area contributed by atoms with Crippen molar-refractivity contribution in [3.05, 3.63) is 63.6 Å². The Hall–Kier alpha value is -1.85. The highest BCUT2D eigenvalue weighted by Gasteiger charge is 2.04. The molecule has 0 heterocycles. The van der Waals surface area contributed by atoms with Crippen LogP contribution in [0.2, 0.25) is 0 Å². The first-order valence-electron chi connectivity index (χ1n) is 7.45. The summed E-state index contributed by atoms with van der Waals surface area (Å²) in [7, 11) is 1.68. The highest BCUT2D eigenvalue weighted by atomic mass is 79.9. The van der Waals surface area contributed by atoms with Gasteiger partial charge in [-0.3, -0.25) is 0 Å². The van der Waals surface area contributed by atoms with E-state index in [1.54, 1.807) is 25.3 Å². The van der Waals surface area contributed by atoms with Crippen molar-refractivity contribution in [2.75, 3.05) is 13.7 Å². The van der Waals surface area contributed by atoms with Gasteiger partial charge in [0.2, 0.25) is 0 Å². The molecule has 0 spiro atoms. The van der Waals surface area contributed by atoms with Crippen LogP contribution in [0.4, 0.5) is 0 Å². The van der Waals surface area contributed by atoms with E-state index in [-0.39, 0.29) is 0 Å². The predicted molar refractivity (Wildman–Crippen MR) is 94.1 cm³/mol. The number of carboxylic acid groups (broad SMARTS) is 1. The predicted octanol–water partition coefficient (Wildman–Crippen LogP) is 3.88. The van der Waals surface area contributed by atoms with Gasteiger partial charge in [0.15, 0.2) is 0 Å². The zero-order chi connectivity index (χ0) is 16.7. The van der Waals surface area contributed by atoms with Crippen molar-refractivity contribution >= 4 is 21.9 Å². The molecule has 0 fully saturated rings. The molecule has 2 N–H and O–H groups in total. The standard InChI is InChI=1S/C18H20BrNO3/c1-23-17-11-16(19)8-7-14(17)6-3-9-20-12-13-4-2-5-15(10-13)18(21)22/h2,4-5,7-8,10-11,20H,3,6,9,12H2,1H3,(H,21,22). The zero-order valence-corrected chi connectivity index (χ0v) is 14.6. The van der Waals surface area contributed by atoms with Crippen LogP contribution in [-0.2, 0) is 13.0 Å². The molecule has 0 saturated heterocycles. The third-order valence-electron chi connectivity index (χ3n) is 3.55. The SMILES string of the molecule is COc1cc(Br)ccc1CCCNCc1cccc(C(=O)O)c1. The fraction of sp³-hybridized carbons (Fsp3) is 0.278. The van der Waals surface area contributed by atoms with Crippen LogP contribution in [-0.4, -0.2) is 24.7 Å². The average Bonchev–Trinajstić information content (AvgIpc) is 2.55. The molecular weight excluding hydrogens is 358 g/mol. The molecule has 0 aliphatic rings. The lowest BCUT2D eigenvalue weighted by atomic mass is 10.1. The molecule has 0 aliphatic carbocycles. The number of hydrogen-bond donors (Lipinski definition) is 2. The van der Waals surface area contributed by atoms with Crippen LogP contribution in [0.25, 0.3) is 0 Å². The van der Waals surface area contributed by atoms with Crippen molar-refractivity contribution in [1.29, 1.82) is 0 Å². The molecule has 23 heavy (non-hydrogen) atoms. The normalized spacial score (nSPS) is 10.5. The van der Waals surface area contributed by atoms with E-state index < -0.39 is 5.97 Å². The van der Waals surface area contributed by atoms with E-state index in [0.29, 0.717) is 12.1 Å². The lowest BCUT2D eigenvalue weighted by Gasteiger charge is -2.10. The minimum absolute atomic E-state index is 0.323. The summed E-state index contributed by atoms with van der Waals surface area (Å²) >= 11 is 3.44. The summed E-state index contributed by atoms with van der Waals surface area (Å²) in [5.41, 5.74) is 2.49. The molecule has 0 unspecified atom stereocenters. The number of halogens is 1. The smallest absolute Gasteiger partial charge is 0.335 e. The largest absolute Gasteiger partial charge is 0.496 e. The van der Waals surface area contributed by atoms with E-state index in [0.717, 1.165) is 35.2 Å². The first-order valence-corrected chi connectivity index (χ1v) is 8.25. The molecule has 4 nitrogen and oxygen atoms in total.